The molecule has 0 saturated carbocycles. The SMILES string of the molecule is C=C1B=CB=C1. The van der Waals surface area contributed by atoms with Gasteiger partial charge in [0.1, 0.15) is 0 Å². The summed E-state index contributed by atoms with van der Waals surface area (Å²) in [4.78, 5) is 0. The second kappa shape index (κ2) is 1.37. The third-order valence-electron chi connectivity index (χ3n) is 0.732. The Morgan fingerprint density at radius 1 is 1.67 bits per heavy atom. The summed E-state index contributed by atoms with van der Waals surface area (Å²) >= 11 is 0. The van der Waals surface area contributed by atoms with Crippen molar-refractivity contribution >= 4 is 25.7 Å². The minimum absolute atomic E-state index is 1.09. The molecule has 0 bridgehead atoms. The predicted molar refractivity (Wildman–Crippen MR) is 32.8 cm³/mol. The van der Waals surface area contributed by atoms with Crippen LogP contribution in [0.2, 0.25) is 0 Å². The number of rotatable bonds is 0. The molecule has 0 aromatic carbocycles. The molecule has 0 aromatic heterocycles. The van der Waals surface area contributed by atoms with Crippen molar-refractivity contribution in [3.05, 3.63) is 12.1 Å². The fourth-order valence-corrected chi connectivity index (χ4v) is 0.414. The molecule has 0 saturated heterocycles. The number of hydrogen-bond donors (Lipinski definition) is 0. The van der Waals surface area contributed by atoms with E-state index in [2.05, 4.69) is 6.58 Å². The fraction of sp³-hybridized carbons (Fsp3) is 0. The van der Waals surface area contributed by atoms with Crippen LogP contribution in [0.25, 0.3) is 0 Å². The molecule has 1 aliphatic rings. The molecule has 26 valence electrons. The van der Waals surface area contributed by atoms with Gasteiger partial charge in [0.2, 0.25) is 0 Å². The maximum absolute atomic E-state index is 3.68. The first-order valence-electron chi connectivity index (χ1n) is 1.93. The van der Waals surface area contributed by atoms with E-state index in [0.717, 1.165) is 5.47 Å². The van der Waals surface area contributed by atoms with Crippen LogP contribution in [-0.2, 0) is 0 Å². The van der Waals surface area contributed by atoms with E-state index in [9.17, 15) is 0 Å². The van der Waals surface area contributed by atoms with Gasteiger partial charge >= 0.3 is 37.7 Å². The first kappa shape index (κ1) is 3.79. The second-order valence-corrected chi connectivity index (χ2v) is 1.29. The summed E-state index contributed by atoms with van der Waals surface area (Å²) in [6.07, 6.45) is 0. The summed E-state index contributed by atoms with van der Waals surface area (Å²) in [5.41, 5.74) is 1.09. The van der Waals surface area contributed by atoms with Gasteiger partial charge < -0.3 is 0 Å². The van der Waals surface area contributed by atoms with Crippen molar-refractivity contribution in [1.82, 2.24) is 0 Å². The average molecular weight is 73.7 g/mol. The van der Waals surface area contributed by atoms with Crippen LogP contribution in [0.1, 0.15) is 0 Å². The standard InChI is InChI=1S/C4H4B2/c1-4-2-5-3-6-4/h2-3H,1H2. The number of allylic oxidation sites excluding steroid dienone is 1. The quantitative estimate of drug-likeness (QED) is 0.339. The summed E-state index contributed by atoms with van der Waals surface area (Å²) in [5, 5.41) is 0. The predicted octanol–water partition coefficient (Wildman–Crippen LogP) is -0.516. The van der Waals surface area contributed by atoms with E-state index in [1.54, 1.807) is 0 Å². The Kier molecular flexibility index (Phi) is 0.868. The van der Waals surface area contributed by atoms with E-state index < -0.39 is 0 Å². The summed E-state index contributed by atoms with van der Waals surface area (Å²) < 4.78 is 0. The van der Waals surface area contributed by atoms with Gasteiger partial charge in [-0.1, -0.05) is 0 Å². The number of hydrogen-bond acceptors (Lipinski definition) is 0. The van der Waals surface area contributed by atoms with Crippen LogP contribution in [0.15, 0.2) is 12.1 Å². The zero-order valence-corrected chi connectivity index (χ0v) is 3.52. The summed E-state index contributed by atoms with van der Waals surface area (Å²) in [6.45, 7) is 7.63. The topological polar surface area (TPSA) is 0 Å². The molecule has 0 nitrogen and oxygen atoms in total. The van der Waals surface area contributed by atoms with Gasteiger partial charge in [0.05, 0.1) is 0 Å². The molecule has 0 radical (unpaired) electrons. The van der Waals surface area contributed by atoms with Gasteiger partial charge in [-0.2, -0.15) is 0 Å². The van der Waals surface area contributed by atoms with Gasteiger partial charge in [-0.05, 0) is 0 Å². The third-order valence-corrected chi connectivity index (χ3v) is 0.732. The molecule has 0 amide bonds. The van der Waals surface area contributed by atoms with Crippen LogP contribution in [0.3, 0.4) is 0 Å². The molecule has 0 spiro atoms. The normalized spacial score (nSPS) is 14.3. The average Bonchev–Trinajstić information content (AvgIpc) is 1.86. The van der Waals surface area contributed by atoms with Crippen LogP contribution < -0.4 is 0 Å². The third kappa shape index (κ3) is 0.563. The van der Waals surface area contributed by atoms with E-state index in [4.69, 9.17) is 0 Å². The van der Waals surface area contributed by atoms with E-state index in [0.29, 0.717) is 0 Å². The van der Waals surface area contributed by atoms with Crippen LogP contribution in [0.5, 0.6) is 0 Å². The Hall–Kier alpha value is -0.390. The first-order valence-corrected chi connectivity index (χ1v) is 1.93. The first-order chi connectivity index (χ1) is 2.89. The minimum atomic E-state index is 1.09. The molecule has 1 rings (SSSR count). The van der Waals surface area contributed by atoms with E-state index in [1.165, 1.54) is 0 Å². The summed E-state index contributed by atoms with van der Waals surface area (Å²) in [5.74, 6) is 3.95. The molecule has 0 aromatic rings. The molecule has 0 aliphatic carbocycles. The van der Waals surface area contributed by atoms with Crippen LogP contribution in [0.4, 0.5) is 0 Å². The van der Waals surface area contributed by atoms with Gasteiger partial charge in [0.25, 0.3) is 0 Å². The van der Waals surface area contributed by atoms with Crippen LogP contribution in [0, 0.1) is 0 Å². The zero-order chi connectivity index (χ0) is 4.41. The van der Waals surface area contributed by atoms with Crippen molar-refractivity contribution < 1.29 is 0 Å². The molecular weight excluding hydrogens is 69.7 g/mol. The van der Waals surface area contributed by atoms with Gasteiger partial charge in [0, 0.05) is 0 Å². The van der Waals surface area contributed by atoms with E-state index in [-0.39, 0.29) is 0 Å². The van der Waals surface area contributed by atoms with Crippen LogP contribution in [-0.4, -0.2) is 25.7 Å². The molecule has 0 fully saturated rings. The van der Waals surface area contributed by atoms with E-state index >= 15 is 0 Å². The molecular formula is C4H4B2. The Balaban J connectivity index is 2.86. The molecule has 0 atom stereocenters. The van der Waals surface area contributed by atoms with Crippen molar-refractivity contribution in [1.29, 1.82) is 0 Å². The molecule has 6 heavy (non-hydrogen) atoms. The van der Waals surface area contributed by atoms with Gasteiger partial charge in [-0.15, -0.1) is 0 Å². The maximum atomic E-state index is 3.68. The monoisotopic (exact) mass is 74.0 g/mol. The second-order valence-electron chi connectivity index (χ2n) is 1.29. The van der Waals surface area contributed by atoms with Crippen LogP contribution >= 0.6 is 0 Å². The summed E-state index contributed by atoms with van der Waals surface area (Å²) in [7, 11) is 0. The van der Waals surface area contributed by atoms with Crippen molar-refractivity contribution in [2.45, 2.75) is 0 Å². The van der Waals surface area contributed by atoms with Gasteiger partial charge in [-0.25, -0.2) is 0 Å². The van der Waals surface area contributed by atoms with Crippen molar-refractivity contribution in [2.24, 2.45) is 0 Å². The molecule has 1 heterocycles. The van der Waals surface area contributed by atoms with Gasteiger partial charge in [-0.3, -0.25) is 0 Å². The Bertz CT molecular complexity index is 108. The fourth-order valence-electron chi connectivity index (χ4n) is 0.414. The van der Waals surface area contributed by atoms with Gasteiger partial charge in [0.15, 0.2) is 0 Å². The van der Waals surface area contributed by atoms with Crippen molar-refractivity contribution in [3.63, 3.8) is 0 Å². The Morgan fingerprint density at radius 3 is 2.67 bits per heavy atom. The van der Waals surface area contributed by atoms with Crippen molar-refractivity contribution in [3.8, 4) is 0 Å². The van der Waals surface area contributed by atoms with Crippen molar-refractivity contribution in [2.75, 3.05) is 0 Å². The molecule has 2 heteroatoms. The summed E-state index contributed by atoms with van der Waals surface area (Å²) in [6, 6.07) is 0. The zero-order valence-electron chi connectivity index (χ0n) is 3.52. The molecule has 1 aliphatic heterocycles. The Morgan fingerprint density at radius 2 is 2.50 bits per heavy atom. The van der Waals surface area contributed by atoms with E-state index in [1.807, 2.05) is 25.7 Å². The molecule has 0 unspecified atom stereocenters. The molecule has 0 N–H and O–H groups in total. The Labute approximate surface area is 38.7 Å².